The fourth-order valence-electron chi connectivity index (χ4n) is 3.40. The van der Waals surface area contributed by atoms with Gasteiger partial charge in [-0.15, -0.1) is 0 Å². The smallest absolute Gasteiger partial charge is 0.191 e. The van der Waals surface area contributed by atoms with Gasteiger partial charge >= 0.3 is 0 Å². The van der Waals surface area contributed by atoms with Crippen molar-refractivity contribution in [3.05, 3.63) is 72.2 Å². The van der Waals surface area contributed by atoms with Crippen molar-refractivity contribution in [2.75, 3.05) is 20.1 Å². The van der Waals surface area contributed by atoms with Crippen molar-refractivity contribution in [2.45, 2.75) is 24.7 Å². The van der Waals surface area contributed by atoms with Gasteiger partial charge in [0.05, 0.1) is 5.69 Å². The zero-order valence-electron chi connectivity index (χ0n) is 15.2. The summed E-state index contributed by atoms with van der Waals surface area (Å²) in [6.45, 7) is 1.73. The first-order chi connectivity index (χ1) is 12.8. The largest absolute Gasteiger partial charge is 0.356 e. The van der Waals surface area contributed by atoms with Gasteiger partial charge < -0.3 is 15.0 Å². The van der Waals surface area contributed by atoms with Gasteiger partial charge in [-0.2, -0.15) is 0 Å². The van der Waals surface area contributed by atoms with Crippen molar-refractivity contribution in [3.8, 4) is 0 Å². The second-order valence-electron chi connectivity index (χ2n) is 6.95. The molecule has 3 aromatic rings. The molecule has 1 fully saturated rings. The molecule has 0 bridgehead atoms. The number of pyridine rings is 1. The summed E-state index contributed by atoms with van der Waals surface area (Å²) < 4.78 is 2.05. The van der Waals surface area contributed by atoms with E-state index in [0.29, 0.717) is 0 Å². The number of aliphatic imine (C=N–C) groups is 1. The number of fused-ring (bicyclic) bond motifs is 1. The van der Waals surface area contributed by atoms with Crippen LogP contribution in [0.2, 0.25) is 0 Å². The SMILES string of the molecule is CN=C(NCCc1cn2ccccc2n1)NCC1(c2ccccc2)CC1. The minimum absolute atomic E-state index is 0.278. The summed E-state index contributed by atoms with van der Waals surface area (Å²) in [4.78, 5) is 8.99. The minimum Gasteiger partial charge on any atom is -0.356 e. The fraction of sp³-hybridized carbons (Fsp3) is 0.333. The molecule has 1 aromatic carbocycles. The van der Waals surface area contributed by atoms with Crippen LogP contribution in [0.25, 0.3) is 5.65 Å². The summed E-state index contributed by atoms with van der Waals surface area (Å²) in [6, 6.07) is 16.8. The third-order valence-corrected chi connectivity index (χ3v) is 5.15. The lowest BCUT2D eigenvalue weighted by Gasteiger charge is -2.19. The maximum Gasteiger partial charge on any atom is 0.191 e. The molecule has 2 aromatic heterocycles. The zero-order chi connectivity index (χ0) is 17.8. The number of hydrogen-bond acceptors (Lipinski definition) is 2. The van der Waals surface area contributed by atoms with Crippen molar-refractivity contribution >= 4 is 11.6 Å². The Balaban J connectivity index is 1.28. The summed E-state index contributed by atoms with van der Waals surface area (Å²) in [5, 5.41) is 6.90. The van der Waals surface area contributed by atoms with Gasteiger partial charge in [-0.25, -0.2) is 4.98 Å². The Labute approximate surface area is 154 Å². The Hall–Kier alpha value is -2.82. The Kier molecular flexibility index (Phi) is 4.61. The Morgan fingerprint density at radius 3 is 2.65 bits per heavy atom. The molecular weight excluding hydrogens is 322 g/mol. The lowest BCUT2D eigenvalue weighted by Crippen LogP contribution is -2.42. The first kappa shape index (κ1) is 16.6. The molecule has 26 heavy (non-hydrogen) atoms. The van der Waals surface area contributed by atoms with Gasteiger partial charge in [-0.3, -0.25) is 4.99 Å². The molecule has 1 aliphatic rings. The second kappa shape index (κ2) is 7.20. The predicted octanol–water partition coefficient (Wildman–Crippen LogP) is 2.77. The molecule has 1 aliphatic carbocycles. The molecule has 2 N–H and O–H groups in total. The summed E-state index contributed by atoms with van der Waals surface area (Å²) in [5.41, 5.74) is 3.78. The van der Waals surface area contributed by atoms with Gasteiger partial charge in [0.15, 0.2) is 5.96 Å². The standard InChI is InChI=1S/C21H25N5/c1-22-20(24-16-21(11-12-21)17-7-3-2-4-8-17)23-13-10-18-15-26-14-6-5-9-19(26)25-18/h2-9,14-15H,10-13,16H2,1H3,(H2,22,23,24). The number of nitrogens with one attached hydrogen (secondary N) is 2. The Morgan fingerprint density at radius 2 is 1.92 bits per heavy atom. The number of aromatic nitrogens is 2. The highest BCUT2D eigenvalue weighted by atomic mass is 15.2. The van der Waals surface area contributed by atoms with Crippen LogP contribution in [0.15, 0.2) is 65.9 Å². The third-order valence-electron chi connectivity index (χ3n) is 5.15. The number of hydrogen-bond donors (Lipinski definition) is 2. The quantitative estimate of drug-likeness (QED) is 0.532. The van der Waals surface area contributed by atoms with E-state index in [1.807, 2.05) is 31.4 Å². The van der Waals surface area contributed by atoms with Crippen LogP contribution in [0, 0.1) is 0 Å². The van der Waals surface area contributed by atoms with Crippen molar-refractivity contribution in [2.24, 2.45) is 4.99 Å². The summed E-state index contributed by atoms with van der Waals surface area (Å²) in [5.74, 6) is 0.857. The first-order valence-corrected chi connectivity index (χ1v) is 9.22. The van der Waals surface area contributed by atoms with Crippen LogP contribution < -0.4 is 10.6 Å². The van der Waals surface area contributed by atoms with Crippen LogP contribution in [0.4, 0.5) is 0 Å². The van der Waals surface area contributed by atoms with Crippen molar-refractivity contribution in [1.29, 1.82) is 0 Å². The van der Waals surface area contributed by atoms with E-state index in [4.69, 9.17) is 0 Å². The maximum absolute atomic E-state index is 4.63. The summed E-state index contributed by atoms with van der Waals surface area (Å²) in [7, 11) is 1.82. The summed E-state index contributed by atoms with van der Waals surface area (Å²) >= 11 is 0. The average Bonchev–Trinajstić information content (AvgIpc) is 3.37. The van der Waals surface area contributed by atoms with Gasteiger partial charge in [0.1, 0.15) is 5.65 Å². The lowest BCUT2D eigenvalue weighted by atomic mass is 9.96. The van der Waals surface area contributed by atoms with Crippen LogP contribution in [-0.4, -0.2) is 35.5 Å². The number of benzene rings is 1. The van der Waals surface area contributed by atoms with E-state index in [0.717, 1.165) is 36.8 Å². The van der Waals surface area contributed by atoms with E-state index in [-0.39, 0.29) is 5.41 Å². The molecule has 0 radical (unpaired) electrons. The van der Waals surface area contributed by atoms with Crippen molar-refractivity contribution in [3.63, 3.8) is 0 Å². The second-order valence-corrected chi connectivity index (χ2v) is 6.95. The van der Waals surface area contributed by atoms with E-state index in [1.165, 1.54) is 18.4 Å². The lowest BCUT2D eigenvalue weighted by molar-refractivity contribution is 0.645. The van der Waals surface area contributed by atoms with Gasteiger partial charge in [-0.1, -0.05) is 36.4 Å². The van der Waals surface area contributed by atoms with E-state index in [2.05, 4.69) is 61.5 Å². The van der Waals surface area contributed by atoms with Crippen LogP contribution in [0.5, 0.6) is 0 Å². The molecule has 0 unspecified atom stereocenters. The van der Waals surface area contributed by atoms with Gasteiger partial charge in [0.25, 0.3) is 0 Å². The molecule has 5 heteroatoms. The minimum atomic E-state index is 0.278. The predicted molar refractivity (Wildman–Crippen MR) is 106 cm³/mol. The third kappa shape index (κ3) is 3.57. The molecule has 2 heterocycles. The Bertz CT molecular complexity index is 860. The highest BCUT2D eigenvalue weighted by Gasteiger charge is 2.43. The van der Waals surface area contributed by atoms with Crippen LogP contribution in [0.3, 0.4) is 0 Å². The van der Waals surface area contributed by atoms with Crippen LogP contribution >= 0.6 is 0 Å². The Morgan fingerprint density at radius 1 is 1.12 bits per heavy atom. The van der Waals surface area contributed by atoms with Crippen LogP contribution in [-0.2, 0) is 11.8 Å². The fourth-order valence-corrected chi connectivity index (χ4v) is 3.40. The topological polar surface area (TPSA) is 53.7 Å². The molecule has 0 aliphatic heterocycles. The number of imidazole rings is 1. The molecule has 0 saturated heterocycles. The van der Waals surface area contributed by atoms with E-state index in [9.17, 15) is 0 Å². The molecule has 5 nitrogen and oxygen atoms in total. The van der Waals surface area contributed by atoms with Crippen molar-refractivity contribution < 1.29 is 0 Å². The number of rotatable bonds is 6. The molecule has 134 valence electrons. The first-order valence-electron chi connectivity index (χ1n) is 9.22. The van der Waals surface area contributed by atoms with E-state index >= 15 is 0 Å². The van der Waals surface area contributed by atoms with Crippen LogP contribution in [0.1, 0.15) is 24.1 Å². The molecule has 0 spiro atoms. The molecule has 0 amide bonds. The van der Waals surface area contributed by atoms with Gasteiger partial charge in [0, 0.05) is 44.4 Å². The average molecular weight is 347 g/mol. The zero-order valence-corrected chi connectivity index (χ0v) is 15.2. The van der Waals surface area contributed by atoms with Gasteiger partial charge in [-0.05, 0) is 30.5 Å². The number of nitrogens with zero attached hydrogens (tertiary/aromatic N) is 3. The molecule has 1 saturated carbocycles. The van der Waals surface area contributed by atoms with E-state index < -0.39 is 0 Å². The number of guanidine groups is 1. The normalized spacial score (nSPS) is 15.8. The highest BCUT2D eigenvalue weighted by Crippen LogP contribution is 2.47. The van der Waals surface area contributed by atoms with Gasteiger partial charge in [0.2, 0.25) is 0 Å². The van der Waals surface area contributed by atoms with E-state index in [1.54, 1.807) is 0 Å². The molecule has 4 rings (SSSR count). The van der Waals surface area contributed by atoms with Crippen molar-refractivity contribution in [1.82, 2.24) is 20.0 Å². The summed E-state index contributed by atoms with van der Waals surface area (Å²) in [6.07, 6.45) is 7.46. The monoisotopic (exact) mass is 347 g/mol. The molecular formula is C21H25N5. The molecule has 0 atom stereocenters. The highest BCUT2D eigenvalue weighted by molar-refractivity contribution is 5.79. The maximum atomic E-state index is 4.63.